The van der Waals surface area contributed by atoms with Gasteiger partial charge in [-0.05, 0) is 12.1 Å². The van der Waals surface area contributed by atoms with Gasteiger partial charge in [0.05, 0.1) is 12.6 Å². The summed E-state index contributed by atoms with van der Waals surface area (Å²) in [5, 5.41) is 11.1. The Bertz CT molecular complexity index is 401. The average Bonchev–Trinajstić information content (AvgIpc) is 2.57. The number of oxime groups is 1. The molecule has 0 saturated heterocycles. The van der Waals surface area contributed by atoms with E-state index in [1.54, 1.807) is 0 Å². The minimum atomic E-state index is 0.408. The van der Waals surface area contributed by atoms with Crippen LogP contribution >= 0.6 is 0 Å². The molecule has 4 nitrogen and oxygen atoms in total. The molecule has 0 fully saturated rings. The number of fused-ring (bicyclic) bond motifs is 1. The van der Waals surface area contributed by atoms with E-state index in [4.69, 9.17) is 9.62 Å². The van der Waals surface area contributed by atoms with Crippen molar-refractivity contribution in [2.75, 3.05) is 0 Å². The third-order valence-electron chi connectivity index (χ3n) is 1.69. The molecule has 0 amide bonds. The third-order valence-corrected chi connectivity index (χ3v) is 1.69. The maximum Gasteiger partial charge on any atom is 0.200 e. The highest BCUT2D eigenvalue weighted by Gasteiger charge is 2.02. The summed E-state index contributed by atoms with van der Waals surface area (Å²) in [7, 11) is 0. The molecule has 66 valence electrons. The monoisotopic (exact) mass is 176 g/mol. The quantitative estimate of drug-likeness (QED) is 0.431. The molecule has 4 heteroatoms. The Morgan fingerprint density at radius 3 is 3.08 bits per heavy atom. The molecule has 1 aromatic carbocycles. The molecule has 0 atom stereocenters. The van der Waals surface area contributed by atoms with Crippen molar-refractivity contribution in [2.24, 2.45) is 5.16 Å². The molecule has 0 aliphatic heterocycles. The van der Waals surface area contributed by atoms with Gasteiger partial charge in [0, 0.05) is 0 Å². The van der Waals surface area contributed by atoms with Crippen LogP contribution < -0.4 is 0 Å². The van der Waals surface area contributed by atoms with E-state index in [0.29, 0.717) is 12.3 Å². The number of nitrogens with zero attached hydrogens (tertiary/aromatic N) is 2. The van der Waals surface area contributed by atoms with Crippen LogP contribution in [0.15, 0.2) is 33.8 Å². The first-order valence-corrected chi connectivity index (χ1v) is 3.90. The van der Waals surface area contributed by atoms with Gasteiger partial charge in [0.15, 0.2) is 5.58 Å². The molecule has 0 unspecified atom stereocenters. The van der Waals surface area contributed by atoms with Crippen LogP contribution in [-0.2, 0) is 6.42 Å². The Morgan fingerprint density at radius 2 is 2.31 bits per heavy atom. The Hall–Kier alpha value is -1.84. The molecule has 1 heterocycles. The van der Waals surface area contributed by atoms with Crippen molar-refractivity contribution in [1.82, 2.24) is 4.98 Å². The lowest BCUT2D eigenvalue weighted by Crippen LogP contribution is -1.84. The van der Waals surface area contributed by atoms with Crippen molar-refractivity contribution >= 4 is 17.3 Å². The van der Waals surface area contributed by atoms with E-state index >= 15 is 0 Å². The van der Waals surface area contributed by atoms with Gasteiger partial charge >= 0.3 is 0 Å². The summed E-state index contributed by atoms with van der Waals surface area (Å²) < 4.78 is 5.36. The average molecular weight is 176 g/mol. The van der Waals surface area contributed by atoms with Crippen LogP contribution in [0, 0.1) is 0 Å². The van der Waals surface area contributed by atoms with E-state index in [0.717, 1.165) is 11.1 Å². The highest BCUT2D eigenvalue weighted by molar-refractivity contribution is 5.73. The molecule has 0 radical (unpaired) electrons. The van der Waals surface area contributed by atoms with Crippen molar-refractivity contribution in [2.45, 2.75) is 6.42 Å². The molecule has 13 heavy (non-hydrogen) atoms. The predicted octanol–water partition coefficient (Wildman–Crippen LogP) is 1.83. The Labute approximate surface area is 74.5 Å². The number of rotatable bonds is 2. The summed E-state index contributed by atoms with van der Waals surface area (Å²) in [6.45, 7) is 0. The maximum absolute atomic E-state index is 8.20. The molecular weight excluding hydrogens is 168 g/mol. The van der Waals surface area contributed by atoms with E-state index in [1.807, 2.05) is 24.3 Å². The first-order chi connectivity index (χ1) is 6.40. The largest absolute Gasteiger partial charge is 0.440 e. The summed E-state index contributed by atoms with van der Waals surface area (Å²) in [5.74, 6) is 0.555. The summed E-state index contributed by atoms with van der Waals surface area (Å²) in [4.78, 5) is 4.18. The lowest BCUT2D eigenvalue weighted by atomic mass is 10.3. The number of para-hydroxylation sites is 2. The van der Waals surface area contributed by atoms with Gasteiger partial charge in [0.25, 0.3) is 0 Å². The zero-order valence-electron chi connectivity index (χ0n) is 6.84. The van der Waals surface area contributed by atoms with Crippen LogP contribution in [0.2, 0.25) is 0 Å². The second-order valence-electron chi connectivity index (χ2n) is 2.58. The fraction of sp³-hybridized carbons (Fsp3) is 0.111. The Morgan fingerprint density at radius 1 is 1.46 bits per heavy atom. The zero-order chi connectivity index (χ0) is 9.10. The SMILES string of the molecule is O/N=C/Cc1nc2ccccc2o1. The van der Waals surface area contributed by atoms with Crippen LogP contribution in [0.4, 0.5) is 0 Å². The smallest absolute Gasteiger partial charge is 0.200 e. The van der Waals surface area contributed by atoms with Crippen LogP contribution in [0.25, 0.3) is 11.1 Å². The molecular formula is C9H8N2O2. The highest BCUT2D eigenvalue weighted by Crippen LogP contribution is 2.14. The number of hydrogen-bond donors (Lipinski definition) is 1. The molecule has 0 aliphatic carbocycles. The molecule has 0 bridgehead atoms. The summed E-state index contributed by atoms with van der Waals surface area (Å²) in [6, 6.07) is 7.51. The molecule has 1 N–H and O–H groups in total. The van der Waals surface area contributed by atoms with E-state index in [2.05, 4.69) is 10.1 Å². The Balaban J connectivity index is 2.38. The van der Waals surface area contributed by atoms with Crippen LogP contribution in [0.3, 0.4) is 0 Å². The molecule has 2 rings (SSSR count). The van der Waals surface area contributed by atoms with Gasteiger partial charge in [-0.25, -0.2) is 4.98 Å². The molecule has 1 aromatic heterocycles. The van der Waals surface area contributed by atoms with Gasteiger partial charge in [-0.15, -0.1) is 5.16 Å². The van der Waals surface area contributed by atoms with Gasteiger partial charge in [0.1, 0.15) is 5.52 Å². The highest BCUT2D eigenvalue weighted by atomic mass is 16.4. The van der Waals surface area contributed by atoms with Gasteiger partial charge in [0.2, 0.25) is 5.89 Å². The van der Waals surface area contributed by atoms with Gasteiger partial charge in [-0.3, -0.25) is 0 Å². The fourth-order valence-electron chi connectivity index (χ4n) is 1.13. The first kappa shape index (κ1) is 7.79. The van der Waals surface area contributed by atoms with Crippen molar-refractivity contribution in [3.63, 3.8) is 0 Å². The second-order valence-corrected chi connectivity index (χ2v) is 2.58. The van der Waals surface area contributed by atoms with Crippen molar-refractivity contribution in [3.05, 3.63) is 30.2 Å². The predicted molar refractivity (Wildman–Crippen MR) is 48.0 cm³/mol. The van der Waals surface area contributed by atoms with E-state index in [9.17, 15) is 0 Å². The summed E-state index contributed by atoms with van der Waals surface area (Å²) in [6.07, 6.45) is 1.75. The van der Waals surface area contributed by atoms with Gasteiger partial charge in [-0.2, -0.15) is 0 Å². The Kier molecular flexibility index (Phi) is 1.96. The van der Waals surface area contributed by atoms with Crippen LogP contribution in [0.5, 0.6) is 0 Å². The number of benzene rings is 1. The van der Waals surface area contributed by atoms with Crippen LogP contribution in [-0.4, -0.2) is 16.4 Å². The van der Waals surface area contributed by atoms with E-state index in [-0.39, 0.29) is 0 Å². The maximum atomic E-state index is 8.20. The minimum Gasteiger partial charge on any atom is -0.440 e. The summed E-state index contributed by atoms with van der Waals surface area (Å²) in [5.41, 5.74) is 1.58. The topological polar surface area (TPSA) is 58.6 Å². The van der Waals surface area contributed by atoms with E-state index < -0.39 is 0 Å². The normalized spacial score (nSPS) is 11.4. The van der Waals surface area contributed by atoms with Crippen molar-refractivity contribution < 1.29 is 9.62 Å². The minimum absolute atomic E-state index is 0.408. The zero-order valence-corrected chi connectivity index (χ0v) is 6.84. The standard InChI is InChI=1S/C9H8N2O2/c12-10-6-5-9-11-7-3-1-2-4-8(7)13-9/h1-4,6,12H,5H2/b10-6+. The van der Waals surface area contributed by atoms with E-state index in [1.165, 1.54) is 6.21 Å². The van der Waals surface area contributed by atoms with Crippen molar-refractivity contribution in [3.8, 4) is 0 Å². The number of oxazole rings is 1. The molecule has 0 aliphatic rings. The lowest BCUT2D eigenvalue weighted by Gasteiger charge is -1.82. The van der Waals surface area contributed by atoms with Gasteiger partial charge < -0.3 is 9.62 Å². The fourth-order valence-corrected chi connectivity index (χ4v) is 1.13. The molecule has 0 saturated carbocycles. The molecule has 0 spiro atoms. The second kappa shape index (κ2) is 3.26. The first-order valence-electron chi connectivity index (χ1n) is 3.90. The summed E-state index contributed by atoms with van der Waals surface area (Å²) >= 11 is 0. The third kappa shape index (κ3) is 1.51. The number of hydrogen-bond acceptors (Lipinski definition) is 4. The van der Waals surface area contributed by atoms with Gasteiger partial charge in [-0.1, -0.05) is 12.1 Å². The van der Waals surface area contributed by atoms with Crippen molar-refractivity contribution in [1.29, 1.82) is 0 Å². The lowest BCUT2D eigenvalue weighted by molar-refractivity contribution is 0.320. The molecule has 2 aromatic rings. The van der Waals surface area contributed by atoms with Crippen LogP contribution in [0.1, 0.15) is 5.89 Å². The number of aromatic nitrogens is 1.